The van der Waals surface area contributed by atoms with Crippen molar-refractivity contribution in [3.63, 3.8) is 0 Å². The van der Waals surface area contributed by atoms with Crippen LogP contribution in [-0.2, 0) is 0 Å². The molecule has 4 aromatic heterocycles. The number of nitrogens with zero attached hydrogens (tertiary/aromatic N) is 5. The van der Waals surface area contributed by atoms with Crippen molar-refractivity contribution in [2.45, 2.75) is 52.5 Å². The average molecular weight is 575 g/mol. The third-order valence-electron chi connectivity index (χ3n) is 7.76. The second-order valence-corrected chi connectivity index (χ2v) is 11.6. The van der Waals surface area contributed by atoms with Crippen LogP contribution in [0.25, 0.3) is 38.9 Å². The number of aromatic nitrogens is 4. The van der Waals surface area contributed by atoms with Gasteiger partial charge >= 0.3 is 5.69 Å². The molecule has 41 heavy (non-hydrogen) atoms. The molecule has 1 aliphatic heterocycles. The van der Waals surface area contributed by atoms with Gasteiger partial charge in [0.15, 0.2) is 5.65 Å². The number of hydrogen-bond acceptors (Lipinski definition) is 7. The van der Waals surface area contributed by atoms with Crippen molar-refractivity contribution < 1.29 is 8.81 Å². The fourth-order valence-electron chi connectivity index (χ4n) is 5.70. The van der Waals surface area contributed by atoms with Crippen LogP contribution in [0.2, 0.25) is 5.02 Å². The molecule has 1 aliphatic rings. The lowest BCUT2D eigenvalue weighted by atomic mass is 9.97. The van der Waals surface area contributed by atoms with Gasteiger partial charge in [0.1, 0.15) is 17.2 Å². The fraction of sp³-hybridized carbons (Fsp3) is 0.355. The Hall–Kier alpha value is -3.82. The van der Waals surface area contributed by atoms with E-state index in [9.17, 15) is 4.79 Å². The SMILES string of the molecule is CC(C)c1ccnc(C(C)C)c1-n1c(=O)nc(N2CCNC[C@@H]2C)c2cc(Cl)c(-c3c(F)ccc4ccoc34)nc21. The van der Waals surface area contributed by atoms with E-state index in [0.29, 0.717) is 34.7 Å². The summed E-state index contributed by atoms with van der Waals surface area (Å²) < 4.78 is 22.7. The Morgan fingerprint density at radius 1 is 1.12 bits per heavy atom. The zero-order valence-electron chi connectivity index (χ0n) is 23.7. The molecule has 0 spiro atoms. The van der Waals surface area contributed by atoms with Crippen molar-refractivity contribution in [2.24, 2.45) is 0 Å². The predicted octanol–water partition coefficient (Wildman–Crippen LogP) is 6.43. The summed E-state index contributed by atoms with van der Waals surface area (Å²) in [5.74, 6) is 0.0854. The second-order valence-electron chi connectivity index (χ2n) is 11.2. The van der Waals surface area contributed by atoms with Gasteiger partial charge in [-0.25, -0.2) is 18.7 Å². The van der Waals surface area contributed by atoms with Crippen molar-refractivity contribution in [1.82, 2.24) is 24.8 Å². The van der Waals surface area contributed by atoms with Crippen LogP contribution in [0.1, 0.15) is 57.7 Å². The third-order valence-corrected chi connectivity index (χ3v) is 8.05. The van der Waals surface area contributed by atoms with E-state index in [1.165, 1.54) is 16.9 Å². The van der Waals surface area contributed by atoms with E-state index in [1.54, 1.807) is 24.4 Å². The average Bonchev–Trinajstić information content (AvgIpc) is 3.42. The number of rotatable bonds is 5. The third kappa shape index (κ3) is 4.57. The number of nitrogens with one attached hydrogen (secondary N) is 1. The van der Waals surface area contributed by atoms with E-state index in [0.717, 1.165) is 29.7 Å². The van der Waals surface area contributed by atoms with Crippen LogP contribution in [0.5, 0.6) is 0 Å². The minimum absolute atomic E-state index is 0.0135. The summed E-state index contributed by atoms with van der Waals surface area (Å²) in [4.78, 5) is 30.5. The zero-order chi connectivity index (χ0) is 29.0. The first-order chi connectivity index (χ1) is 19.7. The Morgan fingerprint density at radius 3 is 2.66 bits per heavy atom. The van der Waals surface area contributed by atoms with Crippen molar-refractivity contribution in [3.8, 4) is 16.9 Å². The molecule has 0 amide bonds. The number of anilines is 1. The molecule has 5 aromatic rings. The number of pyridine rings is 2. The van der Waals surface area contributed by atoms with Gasteiger partial charge in [0.05, 0.1) is 39.3 Å². The van der Waals surface area contributed by atoms with Crippen LogP contribution in [0, 0.1) is 5.82 Å². The monoisotopic (exact) mass is 574 g/mol. The van der Waals surface area contributed by atoms with Gasteiger partial charge in [-0.15, -0.1) is 0 Å². The fourth-order valence-corrected chi connectivity index (χ4v) is 5.95. The number of benzene rings is 1. The van der Waals surface area contributed by atoms with Crippen LogP contribution in [-0.4, -0.2) is 45.2 Å². The van der Waals surface area contributed by atoms with Gasteiger partial charge < -0.3 is 14.6 Å². The second kappa shape index (κ2) is 10.5. The Labute approximate surface area is 242 Å². The Kier molecular flexibility index (Phi) is 7.03. The number of furan rings is 1. The van der Waals surface area contributed by atoms with Crippen LogP contribution in [0.15, 0.2) is 52.0 Å². The first kappa shape index (κ1) is 27.4. The molecule has 0 bridgehead atoms. The summed E-state index contributed by atoms with van der Waals surface area (Å²) in [7, 11) is 0. The molecule has 10 heteroatoms. The molecule has 5 heterocycles. The van der Waals surface area contributed by atoms with E-state index in [-0.39, 0.29) is 34.2 Å². The Bertz CT molecular complexity index is 1820. The molecule has 0 aliphatic carbocycles. The first-order valence-corrected chi connectivity index (χ1v) is 14.3. The maximum Gasteiger partial charge on any atom is 0.355 e. The lowest BCUT2D eigenvalue weighted by Crippen LogP contribution is -2.50. The van der Waals surface area contributed by atoms with Gasteiger partial charge in [-0.05, 0) is 54.7 Å². The van der Waals surface area contributed by atoms with Gasteiger partial charge in [0, 0.05) is 37.3 Å². The van der Waals surface area contributed by atoms with Gasteiger partial charge in [-0.2, -0.15) is 4.98 Å². The number of halogens is 2. The maximum absolute atomic E-state index is 15.5. The minimum Gasteiger partial charge on any atom is -0.464 e. The van der Waals surface area contributed by atoms with Crippen molar-refractivity contribution in [2.75, 3.05) is 24.5 Å². The highest BCUT2D eigenvalue weighted by molar-refractivity contribution is 6.34. The summed E-state index contributed by atoms with van der Waals surface area (Å²) in [5, 5.41) is 4.94. The molecule has 8 nitrogen and oxygen atoms in total. The maximum atomic E-state index is 15.5. The van der Waals surface area contributed by atoms with E-state index < -0.39 is 11.5 Å². The van der Waals surface area contributed by atoms with E-state index in [1.807, 2.05) is 19.9 Å². The molecular weight excluding hydrogens is 543 g/mol. The summed E-state index contributed by atoms with van der Waals surface area (Å²) in [5.41, 5.74) is 2.88. The van der Waals surface area contributed by atoms with Crippen LogP contribution < -0.4 is 15.9 Å². The van der Waals surface area contributed by atoms with Crippen LogP contribution in [0.4, 0.5) is 10.2 Å². The zero-order valence-corrected chi connectivity index (χ0v) is 24.5. The molecule has 1 fully saturated rings. The number of hydrogen-bond donors (Lipinski definition) is 1. The summed E-state index contributed by atoms with van der Waals surface area (Å²) in [6.07, 6.45) is 3.28. The van der Waals surface area contributed by atoms with E-state index >= 15 is 4.39 Å². The van der Waals surface area contributed by atoms with Crippen molar-refractivity contribution in [1.29, 1.82) is 0 Å². The lowest BCUT2D eigenvalue weighted by Gasteiger charge is -2.35. The highest BCUT2D eigenvalue weighted by Gasteiger charge is 2.28. The predicted molar refractivity (Wildman–Crippen MR) is 161 cm³/mol. The summed E-state index contributed by atoms with van der Waals surface area (Å²) in [6, 6.07) is 8.53. The van der Waals surface area contributed by atoms with Crippen LogP contribution >= 0.6 is 11.6 Å². The van der Waals surface area contributed by atoms with Gasteiger partial charge in [-0.3, -0.25) is 4.98 Å². The highest BCUT2D eigenvalue weighted by atomic mass is 35.5. The first-order valence-electron chi connectivity index (χ1n) is 13.9. The van der Waals surface area contributed by atoms with Gasteiger partial charge in [0.2, 0.25) is 0 Å². The molecule has 0 unspecified atom stereocenters. The number of piperazine rings is 1. The smallest absolute Gasteiger partial charge is 0.355 e. The molecule has 0 radical (unpaired) electrons. The van der Waals surface area contributed by atoms with Crippen molar-refractivity contribution in [3.05, 3.63) is 75.4 Å². The van der Waals surface area contributed by atoms with Crippen LogP contribution in [0.3, 0.4) is 0 Å². The minimum atomic E-state index is -0.521. The number of fused-ring (bicyclic) bond motifs is 2. The molecule has 6 rings (SSSR count). The molecule has 1 atom stereocenters. The van der Waals surface area contributed by atoms with Crippen molar-refractivity contribution >= 4 is 39.4 Å². The highest BCUT2D eigenvalue weighted by Crippen LogP contribution is 2.39. The largest absolute Gasteiger partial charge is 0.464 e. The lowest BCUT2D eigenvalue weighted by molar-refractivity contribution is 0.497. The molecule has 0 saturated carbocycles. The molecule has 212 valence electrons. The molecular formula is C31H32ClFN6O2. The molecule has 1 aromatic carbocycles. The topological polar surface area (TPSA) is 89.1 Å². The Balaban J connectivity index is 1.77. The Morgan fingerprint density at radius 2 is 1.93 bits per heavy atom. The molecule has 1 N–H and O–H groups in total. The molecule has 1 saturated heterocycles. The quantitative estimate of drug-likeness (QED) is 0.259. The summed E-state index contributed by atoms with van der Waals surface area (Å²) in [6.45, 7) is 12.5. The standard InChI is InChI=1S/C31H32ClFN6O2/c1-16(2)20-8-10-35-25(17(3)4)27(20)39-30-21(29(37-31(39)40)38-12-11-34-15-18(38)5)14-22(32)26(36-30)24-23(33)7-6-19-9-13-41-28(19)24/h6-10,13-14,16-18,34H,11-12,15H2,1-5H3/t18-/m0/s1. The van der Waals surface area contributed by atoms with E-state index in [4.69, 9.17) is 21.0 Å². The normalized spacial score (nSPS) is 16.0. The van der Waals surface area contributed by atoms with E-state index in [2.05, 4.69) is 41.0 Å². The van der Waals surface area contributed by atoms with Gasteiger partial charge in [-0.1, -0.05) is 39.3 Å². The van der Waals surface area contributed by atoms with Gasteiger partial charge in [0.25, 0.3) is 0 Å². The summed E-state index contributed by atoms with van der Waals surface area (Å²) >= 11 is 6.90.